The fourth-order valence-electron chi connectivity index (χ4n) is 16.9. The summed E-state index contributed by atoms with van der Waals surface area (Å²) in [5.74, 6) is -2.03. The monoisotopic (exact) mass is 1240 g/mol. The van der Waals surface area contributed by atoms with Crippen LogP contribution in [0, 0.1) is 10.8 Å². The van der Waals surface area contributed by atoms with Gasteiger partial charge in [0.05, 0.1) is 0 Å². The van der Waals surface area contributed by atoms with Crippen LogP contribution in [0.3, 0.4) is 0 Å². The van der Waals surface area contributed by atoms with Gasteiger partial charge in [0.25, 0.3) is 0 Å². The first kappa shape index (κ1) is 73.8. The van der Waals surface area contributed by atoms with Crippen molar-refractivity contribution in [2.75, 3.05) is 0 Å². The van der Waals surface area contributed by atoms with Crippen LogP contribution in [0.2, 0.25) is 0 Å². The minimum absolute atomic E-state index is 0.105. The van der Waals surface area contributed by atoms with E-state index in [1.807, 2.05) is 24.3 Å². The number of aromatic hydroxyl groups is 2. The fourth-order valence-corrected chi connectivity index (χ4v) is 16.9. The highest BCUT2D eigenvalue weighted by Gasteiger charge is 2.52. The maximum absolute atomic E-state index is 15.0. The molecule has 14 nitrogen and oxygen atoms in total. The molecule has 0 spiro atoms. The molecule has 4 saturated heterocycles. The van der Waals surface area contributed by atoms with Gasteiger partial charge in [0, 0.05) is 107 Å². The zero-order valence-electron chi connectivity index (χ0n) is 61.0. The zero-order chi connectivity index (χ0) is 67.9. The van der Waals surface area contributed by atoms with E-state index >= 15 is 0 Å². The second-order valence-electron chi connectivity index (χ2n) is 37.5. The summed E-state index contributed by atoms with van der Waals surface area (Å²) in [6, 6.07) is 8.08. The van der Waals surface area contributed by atoms with Gasteiger partial charge in [0.15, 0.2) is 10.8 Å². The number of hydrogen-bond acceptors (Lipinski definition) is 14. The van der Waals surface area contributed by atoms with E-state index in [0.717, 1.165) is 22.3 Å². The molecule has 504 valence electrons. The Hall–Kier alpha value is -4.24. The molecule has 6 rings (SSSR count). The quantitative estimate of drug-likeness (QED) is 0.0469. The van der Waals surface area contributed by atoms with Crippen LogP contribution in [-0.4, -0.2) is 103 Å². The van der Waals surface area contributed by atoms with Crippen molar-refractivity contribution >= 4 is 23.9 Å². The van der Waals surface area contributed by atoms with E-state index in [0.29, 0.717) is 81.8 Å². The fraction of sp³-hybridized carbons (Fsp3) is 0.787. The number of benzene rings is 2. The number of phenolic OH excluding ortho intramolecular Hbond substituents is 2. The van der Waals surface area contributed by atoms with Crippen molar-refractivity contribution in [1.29, 1.82) is 0 Å². The predicted octanol–water partition coefficient (Wildman–Crippen LogP) is 14.6. The van der Waals surface area contributed by atoms with E-state index in [-0.39, 0.29) is 68.7 Å². The minimum atomic E-state index is -1.66. The number of rotatable bonds is 18. The highest BCUT2D eigenvalue weighted by atomic mass is 16.6. The van der Waals surface area contributed by atoms with Gasteiger partial charge in [0.1, 0.15) is 35.9 Å². The van der Waals surface area contributed by atoms with Crippen molar-refractivity contribution in [2.45, 2.75) is 368 Å². The molecule has 2 aromatic rings. The van der Waals surface area contributed by atoms with Gasteiger partial charge in [-0.15, -0.1) is 0 Å². The molecule has 4 aliphatic rings. The van der Waals surface area contributed by atoms with Gasteiger partial charge < -0.3 is 50.4 Å². The molecular formula is C75H124N4O10. The summed E-state index contributed by atoms with van der Waals surface area (Å²) in [4.78, 5) is 59.9. The largest absolute Gasteiger partial charge is 0.507 e. The number of ether oxygens (including phenoxy) is 4. The molecule has 0 aromatic heterocycles. The first-order valence-electron chi connectivity index (χ1n) is 33.5. The van der Waals surface area contributed by atoms with Crippen LogP contribution in [0.5, 0.6) is 11.5 Å². The Labute approximate surface area is 538 Å². The predicted molar refractivity (Wildman–Crippen MR) is 359 cm³/mol. The number of hydrogen-bond donors (Lipinski definition) is 6. The molecule has 0 radical (unpaired) electrons. The van der Waals surface area contributed by atoms with Crippen LogP contribution in [0.15, 0.2) is 24.3 Å². The van der Waals surface area contributed by atoms with Gasteiger partial charge in [-0.25, -0.2) is 0 Å². The summed E-state index contributed by atoms with van der Waals surface area (Å²) in [6.07, 6.45) is 4.31. The van der Waals surface area contributed by atoms with E-state index in [9.17, 15) is 29.4 Å². The first-order chi connectivity index (χ1) is 39.8. The van der Waals surface area contributed by atoms with Crippen molar-refractivity contribution in [3.63, 3.8) is 0 Å². The van der Waals surface area contributed by atoms with Crippen LogP contribution >= 0.6 is 0 Å². The number of carbonyl (C=O) groups excluding carboxylic acids is 4. The van der Waals surface area contributed by atoms with Gasteiger partial charge in [0.2, 0.25) is 0 Å². The lowest BCUT2D eigenvalue weighted by atomic mass is 9.66. The Balaban J connectivity index is 1.36. The van der Waals surface area contributed by atoms with Crippen molar-refractivity contribution in [3.05, 3.63) is 57.6 Å². The van der Waals surface area contributed by atoms with Crippen LogP contribution in [-0.2, 0) is 72.6 Å². The number of esters is 4. The van der Waals surface area contributed by atoms with E-state index in [4.69, 9.17) is 18.9 Å². The lowest BCUT2D eigenvalue weighted by Gasteiger charge is -2.47. The average molecular weight is 1240 g/mol. The number of aryl methyl sites for hydroxylation is 2. The molecule has 4 heterocycles. The lowest BCUT2D eigenvalue weighted by molar-refractivity contribution is -0.184. The summed E-state index contributed by atoms with van der Waals surface area (Å²) in [7, 11) is 0. The zero-order valence-corrected chi connectivity index (χ0v) is 61.0. The third kappa shape index (κ3) is 18.5. The second-order valence-corrected chi connectivity index (χ2v) is 37.5. The average Bonchev–Trinajstić information content (AvgIpc) is 1.58. The van der Waals surface area contributed by atoms with Crippen LogP contribution in [0.4, 0.5) is 0 Å². The van der Waals surface area contributed by atoms with Crippen LogP contribution in [0.25, 0.3) is 0 Å². The molecule has 89 heavy (non-hydrogen) atoms. The molecule has 0 aliphatic carbocycles. The summed E-state index contributed by atoms with van der Waals surface area (Å²) in [5, 5.41) is 39.9. The third-order valence-corrected chi connectivity index (χ3v) is 19.6. The summed E-state index contributed by atoms with van der Waals surface area (Å²) < 4.78 is 25.9. The highest BCUT2D eigenvalue weighted by Crippen LogP contribution is 2.50. The summed E-state index contributed by atoms with van der Waals surface area (Å²) in [6.45, 7) is 58.0. The SMILES string of the molecule is CC1(C)CC(OC(=O)C(C)(CCc2cc(C(C)(C)C)c(O)c(C(C)(C)CC(C)(C)c3cc(CCC(C)(C(=O)OC4CC(C)(C)NC(C)(C)C4)C(=O)OC4CC(C)(C)NC(C)(C)C4)cc(C(C)(C)C)c3O)c2)C(=O)OC2CC(C)(C)NC(C)(C)C2)CC(C)(C)N1. The van der Waals surface area contributed by atoms with E-state index in [1.165, 1.54) is 0 Å². The highest BCUT2D eigenvalue weighted by molar-refractivity contribution is 6.00. The molecular weight excluding hydrogens is 1120 g/mol. The smallest absolute Gasteiger partial charge is 0.323 e. The van der Waals surface area contributed by atoms with E-state index in [1.54, 1.807) is 13.8 Å². The minimum Gasteiger partial charge on any atom is -0.507 e. The Morgan fingerprint density at radius 2 is 0.562 bits per heavy atom. The number of carbonyl (C=O) groups is 4. The molecule has 0 bridgehead atoms. The molecule has 2 aromatic carbocycles. The lowest BCUT2D eigenvalue weighted by Crippen LogP contribution is -2.61. The van der Waals surface area contributed by atoms with Crippen molar-refractivity contribution < 1.29 is 48.3 Å². The van der Waals surface area contributed by atoms with Gasteiger partial charge in [-0.1, -0.05) is 93.5 Å². The van der Waals surface area contributed by atoms with Gasteiger partial charge in [-0.3, -0.25) is 19.2 Å². The summed E-state index contributed by atoms with van der Waals surface area (Å²) in [5.41, 5.74) is -3.64. The molecule has 4 fully saturated rings. The molecule has 6 N–H and O–H groups in total. The topological polar surface area (TPSA) is 194 Å². The Kier molecular flexibility index (Phi) is 20.4. The Morgan fingerprint density at radius 3 is 0.753 bits per heavy atom. The van der Waals surface area contributed by atoms with Gasteiger partial charge in [-0.05, 0) is 201 Å². The van der Waals surface area contributed by atoms with Gasteiger partial charge in [-0.2, -0.15) is 0 Å². The number of nitrogens with one attached hydrogen (secondary N) is 4. The number of piperidine rings is 4. The van der Waals surface area contributed by atoms with Crippen molar-refractivity contribution in [2.24, 2.45) is 10.8 Å². The maximum Gasteiger partial charge on any atom is 0.323 e. The molecule has 0 unspecified atom stereocenters. The van der Waals surface area contributed by atoms with E-state index in [2.05, 4.69) is 201 Å². The Morgan fingerprint density at radius 1 is 0.371 bits per heavy atom. The molecule has 0 saturated carbocycles. The molecule has 0 atom stereocenters. The summed E-state index contributed by atoms with van der Waals surface area (Å²) >= 11 is 0. The van der Waals surface area contributed by atoms with Crippen molar-refractivity contribution in [3.8, 4) is 11.5 Å². The molecule has 4 aliphatic heterocycles. The third-order valence-electron chi connectivity index (χ3n) is 19.6. The number of phenols is 2. The van der Waals surface area contributed by atoms with Crippen molar-refractivity contribution in [1.82, 2.24) is 21.3 Å². The first-order valence-corrected chi connectivity index (χ1v) is 33.5. The van der Waals surface area contributed by atoms with Gasteiger partial charge >= 0.3 is 23.9 Å². The van der Waals surface area contributed by atoms with Crippen LogP contribution in [0.1, 0.15) is 298 Å². The Bertz CT molecular complexity index is 2580. The maximum atomic E-state index is 15.0. The molecule has 14 heteroatoms. The normalized spacial score (nSPS) is 22.4. The standard InChI is InChI=1S/C75H124N4O10/c1-62(2,3)52-33-46(29-31-74(27,58(82)86-48-37-66(11,12)76-67(13,14)38-48)59(83)87-49-39-68(15,16)77-69(17,18)40-49)35-54(56(52)80)64(7,8)45-65(9,10)55-36-47(34-53(57(55)81)63(4,5)6)30-32-75(28,60(84)88-50-41-70(19,20)78-71(21,22)42-50)61(85)89-51-43-72(23,24)79-73(25,26)44-51/h33-36,48-51,76-81H,29-32,37-45H2,1-28H3. The molecule has 0 amide bonds. The van der Waals surface area contributed by atoms with E-state index < -0.39 is 80.8 Å². The van der Waals surface area contributed by atoms with Crippen LogP contribution < -0.4 is 21.3 Å². The second kappa shape index (κ2) is 24.6.